The van der Waals surface area contributed by atoms with Gasteiger partial charge in [-0.05, 0) is 26.0 Å². The Bertz CT molecular complexity index is 926. The first kappa shape index (κ1) is 14.9. The third-order valence-electron chi connectivity index (χ3n) is 3.25. The summed E-state index contributed by atoms with van der Waals surface area (Å²) in [5, 5.41) is 2.49. The molecule has 0 unspecified atom stereocenters. The van der Waals surface area contributed by atoms with Gasteiger partial charge in [0.05, 0.1) is 6.20 Å². The zero-order valence-electron chi connectivity index (χ0n) is 13.0. The lowest BCUT2D eigenvalue weighted by atomic mass is 10.3. The Balaban J connectivity index is 2.32. The van der Waals surface area contributed by atoms with Gasteiger partial charge in [0.2, 0.25) is 5.91 Å². The largest absolute Gasteiger partial charge is 0.320 e. The van der Waals surface area contributed by atoms with Crippen molar-refractivity contribution < 1.29 is 4.79 Å². The minimum Gasteiger partial charge on any atom is -0.320 e. The number of carbonyl (C=O) groups is 1. The van der Waals surface area contributed by atoms with Crippen molar-refractivity contribution in [3.05, 3.63) is 40.9 Å². The second kappa shape index (κ2) is 5.64. The summed E-state index contributed by atoms with van der Waals surface area (Å²) < 4.78 is 3.08. The van der Waals surface area contributed by atoms with E-state index in [0.717, 1.165) is 0 Å². The van der Waals surface area contributed by atoms with Crippen molar-refractivity contribution >= 4 is 17.4 Å². The smallest absolute Gasteiger partial charge is 0.297 e. The average Bonchev–Trinajstić information content (AvgIpc) is 2.91. The van der Waals surface area contributed by atoms with E-state index in [-0.39, 0.29) is 29.0 Å². The number of nitrogens with zero attached hydrogens (tertiary/aromatic N) is 5. The number of pyridine rings is 1. The summed E-state index contributed by atoms with van der Waals surface area (Å²) in [6, 6.07) is 5.43. The molecule has 3 aromatic rings. The van der Waals surface area contributed by atoms with Crippen LogP contribution in [0.2, 0.25) is 0 Å². The monoisotopic (exact) mass is 312 g/mol. The molecule has 23 heavy (non-hydrogen) atoms. The summed E-state index contributed by atoms with van der Waals surface area (Å²) in [6.45, 7) is 5.21. The van der Waals surface area contributed by atoms with E-state index in [0.29, 0.717) is 11.5 Å². The predicted molar refractivity (Wildman–Crippen MR) is 85.2 cm³/mol. The first-order chi connectivity index (χ1) is 11.0. The maximum Gasteiger partial charge on any atom is 0.297 e. The lowest BCUT2D eigenvalue weighted by Crippen LogP contribution is -2.26. The number of hydrogen-bond acceptors (Lipinski definition) is 5. The maximum atomic E-state index is 12.7. The molecule has 0 spiro atoms. The van der Waals surface area contributed by atoms with Gasteiger partial charge in [0, 0.05) is 19.2 Å². The zero-order chi connectivity index (χ0) is 16.6. The van der Waals surface area contributed by atoms with E-state index in [2.05, 4.69) is 20.3 Å². The molecule has 0 bridgehead atoms. The molecule has 1 N–H and O–H groups in total. The molecule has 0 atom stereocenters. The van der Waals surface area contributed by atoms with Crippen molar-refractivity contribution in [2.45, 2.75) is 26.8 Å². The van der Waals surface area contributed by atoms with Crippen LogP contribution in [0.3, 0.4) is 0 Å². The van der Waals surface area contributed by atoms with Gasteiger partial charge in [-0.25, -0.2) is 4.98 Å². The Morgan fingerprint density at radius 3 is 2.65 bits per heavy atom. The van der Waals surface area contributed by atoms with Gasteiger partial charge in [0.1, 0.15) is 11.4 Å². The van der Waals surface area contributed by atoms with Crippen molar-refractivity contribution in [1.82, 2.24) is 24.1 Å². The Labute approximate surface area is 131 Å². The molecular formula is C15H16N6O2. The summed E-state index contributed by atoms with van der Waals surface area (Å²) in [5.41, 5.74) is 0.380. The van der Waals surface area contributed by atoms with Gasteiger partial charge in [0.25, 0.3) is 11.3 Å². The SMILES string of the molecule is CC(=O)Nc1cnc2nc(-c3ccccn3)n(C(C)C)n2c1=O. The summed E-state index contributed by atoms with van der Waals surface area (Å²) in [4.78, 5) is 36.8. The van der Waals surface area contributed by atoms with Crippen LogP contribution in [0.25, 0.3) is 17.3 Å². The fourth-order valence-electron chi connectivity index (χ4n) is 2.37. The molecule has 0 aliphatic carbocycles. The molecule has 0 aliphatic rings. The van der Waals surface area contributed by atoms with Gasteiger partial charge in [-0.2, -0.15) is 9.50 Å². The van der Waals surface area contributed by atoms with Crippen LogP contribution in [0.15, 0.2) is 35.4 Å². The van der Waals surface area contributed by atoms with Gasteiger partial charge in [0.15, 0.2) is 5.82 Å². The molecule has 3 rings (SSSR count). The van der Waals surface area contributed by atoms with Crippen LogP contribution in [-0.2, 0) is 4.79 Å². The second-order valence-electron chi connectivity index (χ2n) is 5.36. The Kier molecular flexibility index (Phi) is 3.65. The molecule has 0 saturated heterocycles. The van der Waals surface area contributed by atoms with E-state index < -0.39 is 0 Å². The lowest BCUT2D eigenvalue weighted by Gasteiger charge is -2.13. The van der Waals surface area contributed by atoms with Gasteiger partial charge in [-0.3, -0.25) is 19.3 Å². The fourth-order valence-corrected chi connectivity index (χ4v) is 2.37. The van der Waals surface area contributed by atoms with Crippen LogP contribution in [-0.4, -0.2) is 30.1 Å². The number of hydrogen-bond donors (Lipinski definition) is 1. The molecule has 0 radical (unpaired) electrons. The van der Waals surface area contributed by atoms with Crippen LogP contribution in [0.5, 0.6) is 0 Å². The summed E-state index contributed by atoms with van der Waals surface area (Å²) in [6.07, 6.45) is 2.98. The molecule has 118 valence electrons. The molecule has 8 heteroatoms. The van der Waals surface area contributed by atoms with Crippen LogP contribution in [0.4, 0.5) is 5.69 Å². The zero-order valence-corrected chi connectivity index (χ0v) is 13.0. The van der Waals surface area contributed by atoms with Crippen molar-refractivity contribution in [2.75, 3.05) is 5.32 Å². The van der Waals surface area contributed by atoms with E-state index in [1.165, 1.54) is 17.6 Å². The standard InChI is InChI=1S/C15H16N6O2/c1-9(2)20-13(11-6-4-5-7-16-11)19-15-17-8-12(18-10(3)22)14(23)21(15)20/h4-9H,1-3H3,(H,18,22). The summed E-state index contributed by atoms with van der Waals surface area (Å²) in [7, 11) is 0. The second-order valence-corrected chi connectivity index (χ2v) is 5.36. The highest BCUT2D eigenvalue weighted by atomic mass is 16.2. The molecular weight excluding hydrogens is 296 g/mol. The quantitative estimate of drug-likeness (QED) is 0.790. The Hall–Kier alpha value is -3.03. The maximum absolute atomic E-state index is 12.7. The van der Waals surface area contributed by atoms with Crippen molar-refractivity contribution in [1.29, 1.82) is 0 Å². The van der Waals surface area contributed by atoms with Gasteiger partial charge in [-0.15, -0.1) is 0 Å². The lowest BCUT2D eigenvalue weighted by molar-refractivity contribution is -0.114. The van der Waals surface area contributed by atoms with Crippen LogP contribution >= 0.6 is 0 Å². The van der Waals surface area contributed by atoms with E-state index in [4.69, 9.17) is 0 Å². The molecule has 3 aromatic heterocycles. The van der Waals surface area contributed by atoms with Crippen LogP contribution in [0, 0.1) is 0 Å². The molecule has 1 amide bonds. The molecule has 0 fully saturated rings. The molecule has 0 aromatic carbocycles. The summed E-state index contributed by atoms with van der Waals surface area (Å²) >= 11 is 0. The molecule has 3 heterocycles. The normalized spacial score (nSPS) is 11.1. The molecule has 0 aliphatic heterocycles. The third-order valence-corrected chi connectivity index (χ3v) is 3.25. The van der Waals surface area contributed by atoms with Gasteiger partial charge < -0.3 is 5.32 Å². The number of amides is 1. The molecule has 8 nitrogen and oxygen atoms in total. The van der Waals surface area contributed by atoms with E-state index in [1.54, 1.807) is 10.9 Å². The average molecular weight is 312 g/mol. The number of nitrogens with one attached hydrogen (secondary N) is 1. The first-order valence-corrected chi connectivity index (χ1v) is 7.18. The highest BCUT2D eigenvalue weighted by molar-refractivity contribution is 5.88. The van der Waals surface area contributed by atoms with E-state index >= 15 is 0 Å². The predicted octanol–water partition coefficient (Wildman–Crippen LogP) is 1.49. The Morgan fingerprint density at radius 1 is 1.26 bits per heavy atom. The van der Waals surface area contributed by atoms with Gasteiger partial charge in [-0.1, -0.05) is 6.07 Å². The Morgan fingerprint density at radius 2 is 2.04 bits per heavy atom. The van der Waals surface area contributed by atoms with Crippen LogP contribution in [0.1, 0.15) is 26.8 Å². The minimum absolute atomic E-state index is 0.0518. The van der Waals surface area contributed by atoms with Crippen molar-refractivity contribution in [3.63, 3.8) is 0 Å². The number of anilines is 1. The van der Waals surface area contributed by atoms with E-state index in [9.17, 15) is 9.59 Å². The van der Waals surface area contributed by atoms with E-state index in [1.807, 2.05) is 32.0 Å². The minimum atomic E-state index is -0.381. The summed E-state index contributed by atoms with van der Waals surface area (Å²) in [5.74, 6) is 0.480. The topological polar surface area (TPSA) is 94.2 Å². The van der Waals surface area contributed by atoms with Crippen molar-refractivity contribution in [3.8, 4) is 11.5 Å². The fraction of sp³-hybridized carbons (Fsp3) is 0.267. The first-order valence-electron chi connectivity index (χ1n) is 7.18. The van der Waals surface area contributed by atoms with Crippen LogP contribution < -0.4 is 10.9 Å². The highest BCUT2D eigenvalue weighted by Crippen LogP contribution is 2.20. The number of fused-ring (bicyclic) bond motifs is 1. The highest BCUT2D eigenvalue weighted by Gasteiger charge is 2.19. The van der Waals surface area contributed by atoms with Crippen molar-refractivity contribution in [2.24, 2.45) is 0 Å². The third kappa shape index (κ3) is 2.59. The number of carbonyl (C=O) groups excluding carboxylic acids is 1. The van der Waals surface area contributed by atoms with Gasteiger partial charge >= 0.3 is 0 Å². The molecule has 0 saturated carbocycles. The number of rotatable bonds is 3. The number of aromatic nitrogens is 5.